The van der Waals surface area contributed by atoms with Crippen molar-refractivity contribution in [1.29, 1.82) is 0 Å². The van der Waals surface area contributed by atoms with Crippen molar-refractivity contribution < 1.29 is 22.5 Å². The van der Waals surface area contributed by atoms with E-state index in [1.165, 1.54) is 19.4 Å². The summed E-state index contributed by atoms with van der Waals surface area (Å²) in [5.41, 5.74) is -0.477. The van der Waals surface area contributed by atoms with Gasteiger partial charge in [-0.05, 0) is 46.6 Å². The fraction of sp³-hybridized carbons (Fsp3) is 0.688. The topological polar surface area (TPSA) is 86.8 Å². The average Bonchev–Trinajstić information content (AvgIpc) is 2.71. The second-order valence-corrected chi connectivity index (χ2v) is 9.30. The second-order valence-electron chi connectivity index (χ2n) is 7.61. The first-order valence-corrected chi connectivity index (χ1v) is 9.96. The fourth-order valence-electron chi connectivity index (χ4n) is 2.71. The number of hydrogen-bond donors (Lipinski definition) is 1. The van der Waals surface area contributed by atoms with Crippen LogP contribution in [0.1, 0.15) is 47.0 Å². The maximum Gasteiger partial charge on any atom is 0.496 e. The molecule has 1 aromatic rings. The molecule has 2 aliphatic rings. The lowest BCUT2D eigenvalue weighted by Crippen LogP contribution is -2.41. The van der Waals surface area contributed by atoms with Gasteiger partial charge in [0.25, 0.3) is 0 Å². The van der Waals surface area contributed by atoms with E-state index in [1.54, 1.807) is 0 Å². The predicted molar refractivity (Wildman–Crippen MR) is 94.5 cm³/mol. The summed E-state index contributed by atoms with van der Waals surface area (Å²) < 4.78 is 45.3. The number of pyridine rings is 1. The van der Waals surface area contributed by atoms with Crippen molar-refractivity contribution in [3.8, 4) is 5.88 Å². The maximum absolute atomic E-state index is 12.7. The molecule has 1 N–H and O–H groups in total. The van der Waals surface area contributed by atoms with Crippen LogP contribution in [0, 0.1) is 0 Å². The summed E-state index contributed by atoms with van der Waals surface area (Å²) in [5.74, 6) is 0.0621. The summed E-state index contributed by atoms with van der Waals surface area (Å²) in [5, 5.41) is 0. The standard InChI is InChI=1S/C16H25BN2O5S/c1-15(2)16(3,4)24-17(23-15)11-9-13(14(22-5)18-10-11)25(20,21)19-12-7-6-8-12/h9-10,12,19H,6-8H2,1-5H3. The van der Waals surface area contributed by atoms with Crippen molar-refractivity contribution in [3.63, 3.8) is 0 Å². The van der Waals surface area contributed by atoms with E-state index in [0.717, 1.165) is 19.3 Å². The molecule has 2 fully saturated rings. The van der Waals surface area contributed by atoms with Gasteiger partial charge in [-0.1, -0.05) is 6.42 Å². The molecule has 0 atom stereocenters. The molecule has 1 aliphatic carbocycles. The first-order chi connectivity index (χ1) is 11.6. The van der Waals surface area contributed by atoms with Crippen molar-refractivity contribution in [2.24, 2.45) is 0 Å². The largest absolute Gasteiger partial charge is 0.496 e. The lowest BCUT2D eigenvalue weighted by atomic mass is 9.80. The third-order valence-corrected chi connectivity index (χ3v) is 6.79. The molecule has 1 saturated carbocycles. The van der Waals surface area contributed by atoms with Crippen LogP contribution in [-0.2, 0) is 19.3 Å². The Bertz CT molecular complexity index is 746. The average molecular weight is 368 g/mol. The Morgan fingerprint density at radius 1 is 1.24 bits per heavy atom. The first kappa shape index (κ1) is 18.6. The minimum absolute atomic E-state index is 0.00844. The molecule has 7 nitrogen and oxygen atoms in total. The minimum Gasteiger partial charge on any atom is -0.480 e. The third-order valence-electron chi connectivity index (χ3n) is 5.27. The number of sulfonamides is 1. The van der Waals surface area contributed by atoms with Crippen LogP contribution in [-0.4, -0.2) is 44.9 Å². The second kappa shape index (κ2) is 6.23. The minimum atomic E-state index is -3.72. The van der Waals surface area contributed by atoms with Gasteiger partial charge in [-0.3, -0.25) is 0 Å². The van der Waals surface area contributed by atoms with Gasteiger partial charge in [0.15, 0.2) is 0 Å². The molecule has 2 heterocycles. The molecule has 0 unspecified atom stereocenters. The van der Waals surface area contributed by atoms with E-state index in [-0.39, 0.29) is 16.8 Å². The van der Waals surface area contributed by atoms with Crippen LogP contribution in [0.2, 0.25) is 0 Å². The SMILES string of the molecule is COc1ncc(B2OC(C)(C)C(C)(C)O2)cc1S(=O)(=O)NC1CCC1. The summed E-state index contributed by atoms with van der Waals surface area (Å²) >= 11 is 0. The summed E-state index contributed by atoms with van der Waals surface area (Å²) in [6.45, 7) is 7.78. The Hall–Kier alpha value is -1.16. The Labute approximate surface area is 149 Å². The van der Waals surface area contributed by atoms with E-state index >= 15 is 0 Å². The van der Waals surface area contributed by atoms with E-state index in [1.807, 2.05) is 27.7 Å². The van der Waals surface area contributed by atoms with Gasteiger partial charge in [0, 0.05) is 17.7 Å². The lowest BCUT2D eigenvalue weighted by Gasteiger charge is -2.32. The summed E-state index contributed by atoms with van der Waals surface area (Å²) in [6.07, 6.45) is 4.28. The van der Waals surface area contributed by atoms with Gasteiger partial charge in [0.05, 0.1) is 18.3 Å². The van der Waals surface area contributed by atoms with Crippen LogP contribution >= 0.6 is 0 Å². The van der Waals surface area contributed by atoms with Crippen molar-refractivity contribution in [2.75, 3.05) is 7.11 Å². The molecule has 0 amide bonds. The molecule has 0 radical (unpaired) electrons. The Balaban J connectivity index is 1.93. The zero-order chi connectivity index (χ0) is 18.5. The number of nitrogens with one attached hydrogen (secondary N) is 1. The highest BCUT2D eigenvalue weighted by molar-refractivity contribution is 7.89. The van der Waals surface area contributed by atoms with Gasteiger partial charge in [0.1, 0.15) is 4.90 Å². The highest BCUT2D eigenvalue weighted by atomic mass is 32.2. The normalized spacial score (nSPS) is 22.7. The van der Waals surface area contributed by atoms with E-state index in [0.29, 0.717) is 5.46 Å². The molecule has 9 heteroatoms. The summed E-state index contributed by atoms with van der Waals surface area (Å²) in [6, 6.07) is 1.50. The molecule has 0 bridgehead atoms. The van der Waals surface area contributed by atoms with Gasteiger partial charge < -0.3 is 14.0 Å². The molecule has 1 aromatic heterocycles. The highest BCUT2D eigenvalue weighted by Crippen LogP contribution is 2.36. The van der Waals surface area contributed by atoms with Gasteiger partial charge in [-0.2, -0.15) is 0 Å². The molecule has 3 rings (SSSR count). The number of hydrogen-bond acceptors (Lipinski definition) is 6. The quantitative estimate of drug-likeness (QED) is 0.787. The number of aromatic nitrogens is 1. The molecule has 25 heavy (non-hydrogen) atoms. The van der Waals surface area contributed by atoms with Crippen molar-refractivity contribution in [1.82, 2.24) is 9.71 Å². The third kappa shape index (κ3) is 3.42. The molecule has 1 aliphatic heterocycles. The van der Waals surface area contributed by atoms with Crippen LogP contribution in [0.5, 0.6) is 5.88 Å². The number of ether oxygens (including phenoxy) is 1. The van der Waals surface area contributed by atoms with Crippen molar-refractivity contribution in [2.45, 2.75) is 69.1 Å². The van der Waals surface area contributed by atoms with Crippen molar-refractivity contribution >= 4 is 22.6 Å². The monoisotopic (exact) mass is 368 g/mol. The molecular weight excluding hydrogens is 343 g/mol. The van der Waals surface area contributed by atoms with E-state index in [2.05, 4.69) is 9.71 Å². The van der Waals surface area contributed by atoms with Crippen LogP contribution in [0.25, 0.3) is 0 Å². The van der Waals surface area contributed by atoms with Gasteiger partial charge in [-0.25, -0.2) is 18.1 Å². The van der Waals surface area contributed by atoms with E-state index in [4.69, 9.17) is 14.0 Å². The van der Waals surface area contributed by atoms with Gasteiger partial charge in [-0.15, -0.1) is 0 Å². The van der Waals surface area contributed by atoms with Gasteiger partial charge in [0.2, 0.25) is 15.9 Å². The predicted octanol–water partition coefficient (Wildman–Crippen LogP) is 1.22. The molecule has 1 saturated heterocycles. The number of rotatable bonds is 5. The van der Waals surface area contributed by atoms with Crippen LogP contribution in [0.4, 0.5) is 0 Å². The van der Waals surface area contributed by atoms with Gasteiger partial charge >= 0.3 is 7.12 Å². The Morgan fingerprint density at radius 2 is 1.84 bits per heavy atom. The van der Waals surface area contributed by atoms with Crippen LogP contribution < -0.4 is 14.9 Å². The Morgan fingerprint density at radius 3 is 2.32 bits per heavy atom. The lowest BCUT2D eigenvalue weighted by molar-refractivity contribution is 0.00578. The highest BCUT2D eigenvalue weighted by Gasteiger charge is 2.52. The Kier molecular flexibility index (Phi) is 4.64. The smallest absolute Gasteiger partial charge is 0.480 e. The summed E-state index contributed by atoms with van der Waals surface area (Å²) in [7, 11) is -3.00. The number of methoxy groups -OCH3 is 1. The molecule has 0 aromatic carbocycles. The fourth-order valence-corrected chi connectivity index (χ4v) is 4.17. The van der Waals surface area contributed by atoms with Crippen LogP contribution in [0.3, 0.4) is 0 Å². The zero-order valence-electron chi connectivity index (χ0n) is 15.3. The first-order valence-electron chi connectivity index (χ1n) is 8.48. The molecule has 0 spiro atoms. The molecular formula is C16H25BN2O5S. The molecule has 138 valence electrons. The van der Waals surface area contributed by atoms with E-state index in [9.17, 15) is 8.42 Å². The van der Waals surface area contributed by atoms with Crippen LogP contribution in [0.15, 0.2) is 17.2 Å². The summed E-state index contributed by atoms with van der Waals surface area (Å²) in [4.78, 5) is 4.16. The van der Waals surface area contributed by atoms with E-state index < -0.39 is 28.3 Å². The number of nitrogens with zero attached hydrogens (tertiary/aromatic N) is 1. The zero-order valence-corrected chi connectivity index (χ0v) is 16.1. The van der Waals surface area contributed by atoms with Crippen molar-refractivity contribution in [3.05, 3.63) is 12.3 Å². The maximum atomic E-state index is 12.7.